The fraction of sp³-hybridized carbons (Fsp3) is 0.0227. The first-order valence-electron chi connectivity index (χ1n) is 16.0. The third-order valence-electron chi connectivity index (χ3n) is 10.0. The molecule has 1 atom stereocenters. The summed E-state index contributed by atoms with van der Waals surface area (Å²) in [6.07, 6.45) is 0. The summed E-state index contributed by atoms with van der Waals surface area (Å²) in [6, 6.07) is 59.0. The minimum absolute atomic E-state index is 0.122. The lowest BCUT2D eigenvalue weighted by Crippen LogP contribution is -2.00. The van der Waals surface area contributed by atoms with Crippen LogP contribution in [0.15, 0.2) is 158 Å². The molecule has 2 aromatic heterocycles. The average molecular weight is 598 g/mol. The van der Waals surface area contributed by atoms with Crippen LogP contribution in [-0.4, -0.2) is 9.13 Å². The van der Waals surface area contributed by atoms with Crippen molar-refractivity contribution in [3.05, 3.63) is 180 Å². The summed E-state index contributed by atoms with van der Waals surface area (Å²) in [6.45, 7) is 0. The summed E-state index contributed by atoms with van der Waals surface area (Å²) in [7, 11) is 0. The van der Waals surface area contributed by atoms with E-state index in [1.54, 1.807) is 0 Å². The van der Waals surface area contributed by atoms with Gasteiger partial charge in [0.05, 0.1) is 33.7 Å². The minimum atomic E-state index is 0.122. The minimum Gasteiger partial charge on any atom is -0.309 e. The van der Waals surface area contributed by atoms with E-state index in [1.807, 2.05) is 12.1 Å². The first-order valence-corrected chi connectivity index (χ1v) is 16.0. The van der Waals surface area contributed by atoms with Gasteiger partial charge in [0, 0.05) is 38.8 Å². The van der Waals surface area contributed by atoms with E-state index in [0.717, 1.165) is 11.4 Å². The van der Waals surface area contributed by atoms with Crippen molar-refractivity contribution in [1.82, 2.24) is 9.13 Å². The zero-order valence-corrected chi connectivity index (χ0v) is 25.4. The van der Waals surface area contributed by atoms with Gasteiger partial charge >= 0.3 is 0 Å². The lowest BCUT2D eigenvalue weighted by atomic mass is 9.89. The average Bonchev–Trinajstić information content (AvgIpc) is 3.77. The van der Waals surface area contributed by atoms with Gasteiger partial charge in [-0.05, 0) is 82.4 Å². The Bertz CT molecular complexity index is 2740. The summed E-state index contributed by atoms with van der Waals surface area (Å²) in [5, 5.41) is 14.4. The third-order valence-corrected chi connectivity index (χ3v) is 10.0. The standard InChI is InChI=1S/C44H27N3/c45-27-28-18-20-29(21-19-28)42-34-14-5-4-12-32(34)38-26-31(22-23-35(38)42)47-39-16-8-6-13-33(39)36-24-25-41-43(44(36)47)37-15-7-9-17-40(37)46(41)30-10-2-1-3-11-30/h1-26,42H. The van der Waals surface area contributed by atoms with Crippen molar-refractivity contribution in [3.63, 3.8) is 0 Å². The summed E-state index contributed by atoms with van der Waals surface area (Å²) in [4.78, 5) is 0. The Labute approximate surface area is 271 Å². The second-order valence-corrected chi connectivity index (χ2v) is 12.4. The Balaban J connectivity index is 1.29. The highest BCUT2D eigenvalue weighted by atomic mass is 15.0. The quantitative estimate of drug-likeness (QED) is 0.199. The molecule has 0 amide bonds. The SMILES string of the molecule is N#Cc1ccc(C2c3ccccc3-c3cc(-n4c5ccccc5c5ccc6c(c7ccccc7n6-c6ccccc6)c54)ccc32)cc1. The molecule has 1 aliphatic carbocycles. The number of para-hydroxylation sites is 3. The summed E-state index contributed by atoms with van der Waals surface area (Å²) >= 11 is 0. The summed E-state index contributed by atoms with van der Waals surface area (Å²) < 4.78 is 4.87. The molecule has 0 aliphatic heterocycles. The molecule has 7 aromatic carbocycles. The van der Waals surface area contributed by atoms with E-state index in [9.17, 15) is 5.26 Å². The van der Waals surface area contributed by atoms with E-state index in [2.05, 4.69) is 161 Å². The molecule has 218 valence electrons. The lowest BCUT2D eigenvalue weighted by Gasteiger charge is -2.15. The van der Waals surface area contributed by atoms with Gasteiger partial charge in [-0.2, -0.15) is 5.26 Å². The van der Waals surface area contributed by atoms with Crippen LogP contribution in [0.5, 0.6) is 0 Å². The van der Waals surface area contributed by atoms with Crippen LogP contribution in [0.3, 0.4) is 0 Å². The Morgan fingerprint density at radius 2 is 1.15 bits per heavy atom. The van der Waals surface area contributed by atoms with Gasteiger partial charge in [0.15, 0.2) is 0 Å². The Morgan fingerprint density at radius 3 is 1.96 bits per heavy atom. The van der Waals surface area contributed by atoms with Crippen LogP contribution < -0.4 is 0 Å². The molecule has 0 bridgehead atoms. The summed E-state index contributed by atoms with van der Waals surface area (Å²) in [5.74, 6) is 0.122. The highest BCUT2D eigenvalue weighted by Gasteiger charge is 2.30. The van der Waals surface area contributed by atoms with Crippen molar-refractivity contribution < 1.29 is 0 Å². The Morgan fingerprint density at radius 1 is 0.468 bits per heavy atom. The van der Waals surface area contributed by atoms with Gasteiger partial charge in [0.2, 0.25) is 0 Å². The second-order valence-electron chi connectivity index (χ2n) is 12.4. The van der Waals surface area contributed by atoms with Crippen LogP contribution in [0.4, 0.5) is 0 Å². The second kappa shape index (κ2) is 9.81. The number of hydrogen-bond donors (Lipinski definition) is 0. The molecule has 0 saturated carbocycles. The molecule has 1 unspecified atom stereocenters. The highest BCUT2D eigenvalue weighted by Crippen LogP contribution is 2.49. The maximum Gasteiger partial charge on any atom is 0.0991 e. The van der Waals surface area contributed by atoms with Gasteiger partial charge in [0.25, 0.3) is 0 Å². The number of aromatic nitrogens is 2. The van der Waals surface area contributed by atoms with Crippen LogP contribution in [-0.2, 0) is 0 Å². The van der Waals surface area contributed by atoms with Crippen LogP contribution in [0.25, 0.3) is 66.1 Å². The number of rotatable bonds is 3. The molecule has 0 N–H and O–H groups in total. The van der Waals surface area contributed by atoms with Crippen LogP contribution in [0, 0.1) is 11.3 Å². The van der Waals surface area contributed by atoms with Crippen LogP contribution in [0.2, 0.25) is 0 Å². The molecule has 9 aromatic rings. The number of nitriles is 1. The Hall–Kier alpha value is -6.37. The van der Waals surface area contributed by atoms with E-state index in [0.29, 0.717) is 5.56 Å². The lowest BCUT2D eigenvalue weighted by molar-refractivity contribution is 1.01. The number of nitrogens with zero attached hydrogens (tertiary/aromatic N) is 3. The first-order chi connectivity index (χ1) is 23.3. The summed E-state index contributed by atoms with van der Waals surface area (Å²) in [5.41, 5.74) is 14.1. The molecule has 0 fully saturated rings. The number of hydrogen-bond acceptors (Lipinski definition) is 1. The highest BCUT2D eigenvalue weighted by molar-refractivity contribution is 6.26. The van der Waals surface area contributed by atoms with Gasteiger partial charge in [0.1, 0.15) is 0 Å². The van der Waals surface area contributed by atoms with E-state index >= 15 is 0 Å². The smallest absolute Gasteiger partial charge is 0.0991 e. The maximum absolute atomic E-state index is 9.41. The Kier molecular flexibility index (Phi) is 5.41. The fourth-order valence-electron chi connectivity index (χ4n) is 8.07. The van der Waals surface area contributed by atoms with Crippen LogP contribution in [0.1, 0.15) is 28.2 Å². The van der Waals surface area contributed by atoms with Gasteiger partial charge in [-0.15, -0.1) is 0 Å². The van der Waals surface area contributed by atoms with Gasteiger partial charge in [-0.25, -0.2) is 0 Å². The molecule has 10 rings (SSSR count). The maximum atomic E-state index is 9.41. The topological polar surface area (TPSA) is 33.6 Å². The van der Waals surface area contributed by atoms with Crippen molar-refractivity contribution in [1.29, 1.82) is 5.26 Å². The van der Waals surface area contributed by atoms with Crippen LogP contribution >= 0.6 is 0 Å². The molecular formula is C44H27N3. The third kappa shape index (κ3) is 3.61. The molecule has 1 aliphatic rings. The van der Waals surface area contributed by atoms with Gasteiger partial charge < -0.3 is 9.13 Å². The van der Waals surface area contributed by atoms with Crippen molar-refractivity contribution in [2.75, 3.05) is 0 Å². The zero-order valence-electron chi connectivity index (χ0n) is 25.4. The van der Waals surface area contributed by atoms with Crippen molar-refractivity contribution in [2.45, 2.75) is 5.92 Å². The molecule has 0 radical (unpaired) electrons. The fourth-order valence-corrected chi connectivity index (χ4v) is 8.07. The molecule has 0 spiro atoms. The molecule has 3 nitrogen and oxygen atoms in total. The molecular weight excluding hydrogens is 571 g/mol. The molecule has 2 heterocycles. The molecule has 0 saturated heterocycles. The predicted octanol–water partition coefficient (Wildman–Crippen LogP) is 10.9. The van der Waals surface area contributed by atoms with E-state index in [4.69, 9.17) is 0 Å². The first kappa shape index (κ1) is 25.9. The van der Waals surface area contributed by atoms with Crippen molar-refractivity contribution >= 4 is 43.6 Å². The van der Waals surface area contributed by atoms with E-state index in [-0.39, 0.29) is 5.92 Å². The number of fused-ring (bicyclic) bond motifs is 10. The van der Waals surface area contributed by atoms with Gasteiger partial charge in [-0.3, -0.25) is 0 Å². The van der Waals surface area contributed by atoms with E-state index in [1.165, 1.54) is 71.4 Å². The zero-order chi connectivity index (χ0) is 31.1. The largest absolute Gasteiger partial charge is 0.309 e. The molecule has 47 heavy (non-hydrogen) atoms. The van der Waals surface area contributed by atoms with Crippen molar-refractivity contribution in [2.24, 2.45) is 0 Å². The van der Waals surface area contributed by atoms with Crippen molar-refractivity contribution in [3.8, 4) is 28.6 Å². The number of benzene rings is 7. The molecule has 3 heteroatoms. The van der Waals surface area contributed by atoms with E-state index < -0.39 is 0 Å². The normalized spacial score (nSPS) is 13.7. The van der Waals surface area contributed by atoms with Gasteiger partial charge in [-0.1, -0.05) is 103 Å². The predicted molar refractivity (Wildman–Crippen MR) is 193 cm³/mol. The monoisotopic (exact) mass is 597 g/mol.